The van der Waals surface area contributed by atoms with Crippen molar-refractivity contribution < 1.29 is 9.22 Å². The van der Waals surface area contributed by atoms with Crippen molar-refractivity contribution in [1.82, 2.24) is 0 Å². The largest absolute Gasteiger partial charge is 0 e. The van der Waals surface area contributed by atoms with Crippen molar-refractivity contribution in [3.63, 3.8) is 0 Å². The fourth-order valence-electron chi connectivity index (χ4n) is 0.812. The van der Waals surface area contributed by atoms with Crippen molar-refractivity contribution in [3.8, 4) is 0 Å². The maximum atomic E-state index is 5.94. The SMILES string of the molecule is CC(C)(C)[O][Sn]([O]C(C)(C)C)[O]C(C)(C)C.[K]. The molecule has 0 unspecified atom stereocenters. The molecule has 0 amide bonds. The zero-order valence-electron chi connectivity index (χ0n) is 13.2. The summed E-state index contributed by atoms with van der Waals surface area (Å²) in [5.74, 6) is 0. The fourth-order valence-corrected chi connectivity index (χ4v) is 5.45. The molecule has 0 aliphatic heterocycles. The Balaban J connectivity index is 0. The Labute approximate surface area is 158 Å². The zero-order chi connectivity index (χ0) is 13.2. The summed E-state index contributed by atoms with van der Waals surface area (Å²) in [4.78, 5) is 0. The molecule has 0 aromatic heterocycles. The molecular weight excluding hydrogens is 350 g/mol. The van der Waals surface area contributed by atoms with Crippen LogP contribution in [0.15, 0.2) is 0 Å². The van der Waals surface area contributed by atoms with Crippen LogP contribution in [0.4, 0.5) is 0 Å². The van der Waals surface area contributed by atoms with Crippen molar-refractivity contribution in [2.75, 3.05) is 0 Å². The number of hydrogen-bond acceptors (Lipinski definition) is 3. The van der Waals surface area contributed by atoms with Crippen LogP contribution >= 0.6 is 0 Å². The van der Waals surface area contributed by atoms with Crippen LogP contribution in [0.5, 0.6) is 0 Å². The molecule has 0 saturated carbocycles. The van der Waals surface area contributed by atoms with E-state index in [2.05, 4.69) is 0 Å². The van der Waals surface area contributed by atoms with Crippen molar-refractivity contribution in [1.29, 1.82) is 0 Å². The van der Waals surface area contributed by atoms with E-state index in [0.717, 1.165) is 0 Å². The quantitative estimate of drug-likeness (QED) is 0.708. The summed E-state index contributed by atoms with van der Waals surface area (Å²) in [6.07, 6.45) is 0. The van der Waals surface area contributed by atoms with Crippen molar-refractivity contribution in [3.05, 3.63) is 0 Å². The molecule has 0 heterocycles. The van der Waals surface area contributed by atoms with Crippen LogP contribution in [0.3, 0.4) is 0 Å². The summed E-state index contributed by atoms with van der Waals surface area (Å²) in [5, 5.41) is 0. The molecule has 0 spiro atoms. The number of hydrogen-bond donors (Lipinski definition) is 0. The van der Waals surface area contributed by atoms with E-state index in [-0.39, 0.29) is 68.2 Å². The Morgan fingerprint density at radius 3 is 0.824 bits per heavy atom. The van der Waals surface area contributed by atoms with Crippen LogP contribution in [-0.4, -0.2) is 89.2 Å². The van der Waals surface area contributed by atoms with Crippen LogP contribution in [0.1, 0.15) is 62.3 Å². The first-order chi connectivity index (χ1) is 6.79. The molecule has 98 valence electrons. The molecule has 0 saturated heterocycles. The normalized spacial score (nSPS) is 13.8. The zero-order valence-corrected chi connectivity index (χ0v) is 19.2. The smallest absolute Gasteiger partial charge is 0 e. The molecule has 0 N–H and O–H groups in total. The van der Waals surface area contributed by atoms with Gasteiger partial charge in [0.15, 0.2) is 0 Å². The molecule has 0 aromatic rings. The summed E-state index contributed by atoms with van der Waals surface area (Å²) in [7, 11) is 0. The molecule has 0 aliphatic carbocycles. The van der Waals surface area contributed by atoms with Gasteiger partial charge < -0.3 is 0 Å². The summed E-state index contributed by atoms with van der Waals surface area (Å²) in [6.45, 7) is 18.3. The third-order valence-corrected chi connectivity index (χ3v) is 7.84. The maximum absolute atomic E-state index is 5.94. The molecule has 0 atom stereocenters. The van der Waals surface area contributed by atoms with Gasteiger partial charge in [-0.15, -0.1) is 0 Å². The minimum Gasteiger partial charge on any atom is 0 e. The minimum absolute atomic E-state index is 0. The molecule has 17 heavy (non-hydrogen) atoms. The molecule has 0 aliphatic rings. The van der Waals surface area contributed by atoms with Gasteiger partial charge in [-0.2, -0.15) is 0 Å². The topological polar surface area (TPSA) is 27.7 Å². The van der Waals surface area contributed by atoms with E-state index in [0.29, 0.717) is 0 Å². The Bertz CT molecular complexity index is 175. The van der Waals surface area contributed by atoms with Gasteiger partial charge in [-0.1, -0.05) is 0 Å². The van der Waals surface area contributed by atoms with E-state index in [1.54, 1.807) is 0 Å². The third-order valence-electron chi connectivity index (χ3n) is 1.17. The fraction of sp³-hybridized carbons (Fsp3) is 1.00. The number of rotatable bonds is 3. The van der Waals surface area contributed by atoms with Crippen molar-refractivity contribution in [2.24, 2.45) is 0 Å². The second-order valence-corrected chi connectivity index (χ2v) is 10.1. The molecule has 0 bridgehead atoms. The van der Waals surface area contributed by atoms with Crippen LogP contribution in [0.25, 0.3) is 0 Å². The van der Waals surface area contributed by atoms with Gasteiger partial charge in [-0.05, 0) is 0 Å². The first-order valence-corrected chi connectivity index (χ1v) is 9.22. The van der Waals surface area contributed by atoms with E-state index in [1.807, 2.05) is 62.3 Å². The van der Waals surface area contributed by atoms with E-state index in [1.165, 1.54) is 0 Å². The van der Waals surface area contributed by atoms with Crippen LogP contribution in [-0.2, 0) is 9.22 Å². The summed E-state index contributed by atoms with van der Waals surface area (Å²) in [5.41, 5.74) is -0.609. The van der Waals surface area contributed by atoms with E-state index in [9.17, 15) is 0 Å². The van der Waals surface area contributed by atoms with Gasteiger partial charge in [0.05, 0.1) is 0 Å². The molecule has 0 rings (SSSR count). The van der Waals surface area contributed by atoms with E-state index < -0.39 is 21.0 Å². The van der Waals surface area contributed by atoms with Crippen LogP contribution in [0, 0.1) is 0 Å². The Morgan fingerprint density at radius 2 is 0.706 bits per heavy atom. The first kappa shape index (κ1) is 21.6. The third kappa shape index (κ3) is 16.3. The maximum Gasteiger partial charge on any atom is 0 e. The van der Waals surface area contributed by atoms with Gasteiger partial charge in [0.25, 0.3) is 0 Å². The predicted molar refractivity (Wildman–Crippen MR) is 74.0 cm³/mol. The van der Waals surface area contributed by atoms with Gasteiger partial charge in [0.2, 0.25) is 0 Å². The monoisotopic (exact) mass is 378 g/mol. The molecule has 3 nitrogen and oxygen atoms in total. The standard InChI is InChI=1S/3C4H9O.K.Sn/c3*1-4(2,3)5;;/h3*1-3H3;;/q3*-1;;+3. The van der Waals surface area contributed by atoms with Gasteiger partial charge in [-0.25, -0.2) is 0 Å². The molecule has 0 aromatic carbocycles. The average Bonchev–Trinajstić information content (AvgIpc) is 1.70. The molecule has 2 radical (unpaired) electrons. The van der Waals surface area contributed by atoms with Gasteiger partial charge >= 0.3 is 109 Å². The van der Waals surface area contributed by atoms with Crippen molar-refractivity contribution in [2.45, 2.75) is 79.1 Å². The second kappa shape index (κ2) is 7.93. The summed E-state index contributed by atoms with van der Waals surface area (Å²) >= 11 is -2.72. The molecule has 5 heteroatoms. The Hall–Kier alpha value is 2.32. The molecular formula is C12H27KO3Sn. The molecule has 0 fully saturated rings. The Morgan fingerprint density at radius 1 is 0.529 bits per heavy atom. The Kier molecular flexibility index (Phi) is 10.1. The van der Waals surface area contributed by atoms with Crippen LogP contribution in [0.2, 0.25) is 0 Å². The van der Waals surface area contributed by atoms with Gasteiger partial charge in [0.1, 0.15) is 0 Å². The van der Waals surface area contributed by atoms with E-state index in [4.69, 9.17) is 9.22 Å². The summed E-state index contributed by atoms with van der Waals surface area (Å²) < 4.78 is 17.8. The van der Waals surface area contributed by atoms with Gasteiger partial charge in [-0.3, -0.25) is 0 Å². The van der Waals surface area contributed by atoms with Crippen LogP contribution < -0.4 is 0 Å². The van der Waals surface area contributed by atoms with Gasteiger partial charge in [0, 0.05) is 51.4 Å². The minimum atomic E-state index is -2.72. The average molecular weight is 377 g/mol. The van der Waals surface area contributed by atoms with E-state index >= 15 is 0 Å². The predicted octanol–water partition coefficient (Wildman–Crippen LogP) is 3.04. The summed E-state index contributed by atoms with van der Waals surface area (Å²) in [6, 6.07) is 0. The first-order valence-electron chi connectivity index (χ1n) is 5.72. The second-order valence-electron chi connectivity index (χ2n) is 6.89. The van der Waals surface area contributed by atoms with Crippen molar-refractivity contribution >= 4 is 72.4 Å².